The van der Waals surface area contributed by atoms with Gasteiger partial charge >= 0.3 is 0 Å². The van der Waals surface area contributed by atoms with E-state index in [-0.39, 0.29) is 10.3 Å². The van der Waals surface area contributed by atoms with Crippen molar-refractivity contribution in [2.75, 3.05) is 0 Å². The second-order valence-electron chi connectivity index (χ2n) is 5.83. The lowest BCUT2D eigenvalue weighted by molar-refractivity contribution is 0.477. The Bertz CT molecular complexity index is 738. The summed E-state index contributed by atoms with van der Waals surface area (Å²) in [5.41, 5.74) is 1.37. The standard InChI is InChI=1S/C15H18O3S/c1-10-6-5-7-12-11(10)8-9-13(19(16,17)18)14(12)15(2,3)4/h5-9H,1-4H3,(H,16,17,18). The van der Waals surface area contributed by atoms with E-state index in [0.717, 1.165) is 16.3 Å². The van der Waals surface area contributed by atoms with Crippen LogP contribution in [0, 0.1) is 6.92 Å². The van der Waals surface area contributed by atoms with Crippen molar-refractivity contribution in [3.05, 3.63) is 41.5 Å². The fraction of sp³-hybridized carbons (Fsp3) is 0.333. The first-order chi connectivity index (χ1) is 8.62. The molecule has 3 nitrogen and oxygen atoms in total. The first-order valence-electron chi connectivity index (χ1n) is 6.12. The third-order valence-electron chi connectivity index (χ3n) is 3.27. The molecule has 0 saturated heterocycles. The Kier molecular flexibility index (Phi) is 3.19. The molecule has 0 aromatic heterocycles. The molecule has 0 atom stereocenters. The zero-order valence-corrected chi connectivity index (χ0v) is 12.4. The monoisotopic (exact) mass is 278 g/mol. The molecule has 0 spiro atoms. The van der Waals surface area contributed by atoms with Gasteiger partial charge in [-0.15, -0.1) is 0 Å². The second kappa shape index (κ2) is 4.32. The van der Waals surface area contributed by atoms with Crippen LogP contribution in [0.3, 0.4) is 0 Å². The molecule has 0 fully saturated rings. The van der Waals surface area contributed by atoms with Crippen molar-refractivity contribution >= 4 is 20.9 Å². The Morgan fingerprint density at radius 3 is 2.16 bits per heavy atom. The Labute approximate surface area is 114 Å². The largest absolute Gasteiger partial charge is 0.294 e. The maximum Gasteiger partial charge on any atom is 0.294 e. The van der Waals surface area contributed by atoms with Gasteiger partial charge in [0.15, 0.2) is 0 Å². The van der Waals surface area contributed by atoms with Crippen molar-refractivity contribution in [2.24, 2.45) is 0 Å². The van der Waals surface area contributed by atoms with Gasteiger partial charge in [0.2, 0.25) is 0 Å². The van der Waals surface area contributed by atoms with Gasteiger partial charge in [0.1, 0.15) is 0 Å². The Morgan fingerprint density at radius 1 is 1.00 bits per heavy atom. The van der Waals surface area contributed by atoms with Gasteiger partial charge < -0.3 is 0 Å². The highest BCUT2D eigenvalue weighted by atomic mass is 32.2. The molecule has 0 aliphatic carbocycles. The van der Waals surface area contributed by atoms with Crippen LogP contribution in [0.4, 0.5) is 0 Å². The number of benzene rings is 2. The fourth-order valence-corrected chi connectivity index (χ4v) is 3.40. The van der Waals surface area contributed by atoms with Crippen molar-refractivity contribution in [3.63, 3.8) is 0 Å². The zero-order valence-electron chi connectivity index (χ0n) is 11.6. The summed E-state index contributed by atoms with van der Waals surface area (Å²) in [6.07, 6.45) is 0. The number of aryl methyl sites for hydroxylation is 1. The topological polar surface area (TPSA) is 54.4 Å². The molecule has 2 aromatic carbocycles. The maximum absolute atomic E-state index is 11.6. The second-order valence-corrected chi connectivity index (χ2v) is 7.22. The highest BCUT2D eigenvalue weighted by Crippen LogP contribution is 2.36. The van der Waals surface area contributed by atoms with Gasteiger partial charge in [0.05, 0.1) is 4.90 Å². The molecule has 102 valence electrons. The highest BCUT2D eigenvalue weighted by Gasteiger charge is 2.26. The van der Waals surface area contributed by atoms with Gasteiger partial charge in [0.25, 0.3) is 10.1 Å². The van der Waals surface area contributed by atoms with E-state index in [1.807, 2.05) is 45.9 Å². The Balaban J connectivity index is 3.03. The molecule has 0 saturated carbocycles. The van der Waals surface area contributed by atoms with E-state index in [2.05, 4.69) is 0 Å². The van der Waals surface area contributed by atoms with E-state index < -0.39 is 10.1 Å². The molecular weight excluding hydrogens is 260 g/mol. The molecule has 0 radical (unpaired) electrons. The summed E-state index contributed by atoms with van der Waals surface area (Å²) in [7, 11) is -4.22. The maximum atomic E-state index is 11.6. The number of hydrogen-bond donors (Lipinski definition) is 1. The molecule has 0 aliphatic rings. The average molecular weight is 278 g/mol. The van der Waals surface area contributed by atoms with E-state index in [1.165, 1.54) is 6.07 Å². The van der Waals surface area contributed by atoms with E-state index in [1.54, 1.807) is 6.07 Å². The summed E-state index contributed by atoms with van der Waals surface area (Å²) in [5.74, 6) is 0. The predicted octanol–water partition coefficient (Wildman–Crippen LogP) is 3.69. The first kappa shape index (κ1) is 14.0. The van der Waals surface area contributed by atoms with Crippen LogP contribution in [0.1, 0.15) is 31.9 Å². The lowest BCUT2D eigenvalue weighted by Gasteiger charge is -2.24. The smallest absolute Gasteiger partial charge is 0.282 e. The van der Waals surface area contributed by atoms with E-state index in [9.17, 15) is 13.0 Å². The van der Waals surface area contributed by atoms with Crippen LogP contribution >= 0.6 is 0 Å². The molecular formula is C15H18O3S. The summed E-state index contributed by atoms with van der Waals surface area (Å²) in [4.78, 5) is -0.00176. The van der Waals surface area contributed by atoms with Crippen LogP contribution in [-0.4, -0.2) is 13.0 Å². The van der Waals surface area contributed by atoms with Crippen LogP contribution in [0.5, 0.6) is 0 Å². The molecule has 0 bridgehead atoms. The summed E-state index contributed by atoms with van der Waals surface area (Å²) in [6, 6.07) is 9.04. The Hall–Kier alpha value is -1.39. The van der Waals surface area contributed by atoms with Crippen LogP contribution in [-0.2, 0) is 15.5 Å². The molecule has 4 heteroatoms. The SMILES string of the molecule is Cc1cccc2c(C(C)(C)C)c(S(=O)(=O)O)ccc12. The van der Waals surface area contributed by atoms with Crippen molar-refractivity contribution in [1.29, 1.82) is 0 Å². The summed E-state index contributed by atoms with van der Waals surface area (Å²) in [6.45, 7) is 7.82. The van der Waals surface area contributed by atoms with Gasteiger partial charge in [-0.3, -0.25) is 4.55 Å². The van der Waals surface area contributed by atoms with E-state index in [0.29, 0.717) is 5.56 Å². The normalized spacial score (nSPS) is 12.9. The first-order valence-corrected chi connectivity index (χ1v) is 7.56. The predicted molar refractivity (Wildman–Crippen MR) is 77.2 cm³/mol. The summed E-state index contributed by atoms with van der Waals surface area (Å²) in [5, 5.41) is 1.89. The lowest BCUT2D eigenvalue weighted by atomic mass is 9.83. The highest BCUT2D eigenvalue weighted by molar-refractivity contribution is 7.85. The van der Waals surface area contributed by atoms with Crippen molar-refractivity contribution < 1.29 is 13.0 Å². The number of fused-ring (bicyclic) bond motifs is 1. The van der Waals surface area contributed by atoms with Crippen LogP contribution in [0.2, 0.25) is 0 Å². The Morgan fingerprint density at radius 2 is 1.63 bits per heavy atom. The number of hydrogen-bond acceptors (Lipinski definition) is 2. The fourth-order valence-electron chi connectivity index (χ4n) is 2.48. The molecule has 0 amide bonds. The number of rotatable bonds is 1. The molecule has 0 aliphatic heterocycles. The minimum Gasteiger partial charge on any atom is -0.282 e. The minimum absolute atomic E-state index is 0.00176. The molecule has 19 heavy (non-hydrogen) atoms. The zero-order chi connectivity index (χ0) is 14.4. The quantitative estimate of drug-likeness (QED) is 0.809. The summed E-state index contributed by atoms with van der Waals surface area (Å²) >= 11 is 0. The molecule has 0 unspecified atom stereocenters. The molecule has 0 heterocycles. The third-order valence-corrected chi connectivity index (χ3v) is 4.17. The van der Waals surface area contributed by atoms with Crippen molar-refractivity contribution in [1.82, 2.24) is 0 Å². The van der Waals surface area contributed by atoms with Gasteiger partial charge in [-0.25, -0.2) is 0 Å². The molecule has 2 aromatic rings. The lowest BCUT2D eigenvalue weighted by Crippen LogP contribution is -2.17. The third kappa shape index (κ3) is 2.51. The van der Waals surface area contributed by atoms with Gasteiger partial charge in [-0.2, -0.15) is 8.42 Å². The molecule has 2 rings (SSSR count). The van der Waals surface area contributed by atoms with Crippen LogP contribution < -0.4 is 0 Å². The average Bonchev–Trinajstić information content (AvgIpc) is 2.25. The van der Waals surface area contributed by atoms with Gasteiger partial charge in [0, 0.05) is 0 Å². The van der Waals surface area contributed by atoms with Gasteiger partial charge in [-0.1, -0.05) is 45.0 Å². The van der Waals surface area contributed by atoms with Crippen LogP contribution in [0.15, 0.2) is 35.2 Å². The van der Waals surface area contributed by atoms with Crippen molar-refractivity contribution in [3.8, 4) is 0 Å². The van der Waals surface area contributed by atoms with Crippen molar-refractivity contribution in [2.45, 2.75) is 38.0 Å². The van der Waals surface area contributed by atoms with E-state index >= 15 is 0 Å². The minimum atomic E-state index is -4.22. The summed E-state index contributed by atoms with van der Waals surface area (Å²) < 4.78 is 32.6. The molecule has 1 N–H and O–H groups in total. The van der Waals surface area contributed by atoms with E-state index in [4.69, 9.17) is 0 Å². The van der Waals surface area contributed by atoms with Gasteiger partial charge in [-0.05, 0) is 40.3 Å². The van der Waals surface area contributed by atoms with Crippen LogP contribution in [0.25, 0.3) is 10.8 Å².